The van der Waals surface area contributed by atoms with Crippen LogP contribution < -0.4 is 10.9 Å². The van der Waals surface area contributed by atoms with Crippen molar-refractivity contribution in [3.8, 4) is 11.1 Å². The molecule has 47 heavy (non-hydrogen) atoms. The monoisotopic (exact) mass is 642 g/mol. The highest BCUT2D eigenvalue weighted by Crippen LogP contribution is 2.58. The lowest BCUT2D eigenvalue weighted by atomic mass is 9.58. The summed E-state index contributed by atoms with van der Waals surface area (Å²) in [6, 6.07) is 14.2. The molecule has 0 amide bonds. The van der Waals surface area contributed by atoms with Gasteiger partial charge in [0.1, 0.15) is 0 Å². The van der Waals surface area contributed by atoms with Crippen molar-refractivity contribution in [2.75, 3.05) is 0 Å². The van der Waals surface area contributed by atoms with E-state index in [0.717, 1.165) is 10.9 Å². The number of unbranched alkanes of at least 4 members (excludes halogenated alkanes) is 6. The Morgan fingerprint density at radius 3 is 1.17 bits per heavy atom. The molecule has 2 saturated heterocycles. The van der Waals surface area contributed by atoms with E-state index in [1.165, 1.54) is 86.5 Å². The van der Waals surface area contributed by atoms with Crippen molar-refractivity contribution in [3.63, 3.8) is 0 Å². The van der Waals surface area contributed by atoms with E-state index < -0.39 is 0 Å². The topological polar surface area (TPSA) is 36.9 Å². The molecule has 0 radical (unpaired) electrons. The number of hydrogen-bond acceptors (Lipinski definition) is 4. The van der Waals surface area contributed by atoms with Crippen LogP contribution in [0.25, 0.3) is 11.1 Å². The van der Waals surface area contributed by atoms with Gasteiger partial charge in [0.15, 0.2) is 0 Å². The van der Waals surface area contributed by atoms with Gasteiger partial charge in [-0.25, -0.2) is 0 Å². The van der Waals surface area contributed by atoms with E-state index in [1.54, 1.807) is 0 Å². The maximum absolute atomic E-state index is 6.63. The van der Waals surface area contributed by atoms with Crippen LogP contribution in [0.3, 0.4) is 0 Å². The molecule has 1 aliphatic carbocycles. The van der Waals surface area contributed by atoms with Gasteiger partial charge in [-0.1, -0.05) is 115 Å². The van der Waals surface area contributed by atoms with Crippen molar-refractivity contribution in [1.82, 2.24) is 0 Å². The first kappa shape index (κ1) is 36.7. The van der Waals surface area contributed by atoms with Crippen molar-refractivity contribution >= 4 is 25.2 Å². The van der Waals surface area contributed by atoms with Crippen LogP contribution in [0, 0.1) is 11.8 Å². The molecule has 0 spiro atoms. The van der Waals surface area contributed by atoms with E-state index in [1.807, 2.05) is 0 Å². The fourth-order valence-electron chi connectivity index (χ4n) is 8.43. The number of rotatable bonds is 14. The lowest BCUT2D eigenvalue weighted by molar-refractivity contribution is 0.00578. The molecular formula is C41H64B2O4. The molecule has 4 nitrogen and oxygen atoms in total. The SMILES string of the molecule is CCCCCCC(C)C1(C(C)CCCCCC)c2cc(B3OC(C)(C)C(C)(C)O3)ccc2-c2ccc(B3OC(C)(C)C(C)(C)O3)cc21. The molecule has 2 heterocycles. The zero-order chi connectivity index (χ0) is 34.4. The molecule has 2 atom stereocenters. The Morgan fingerprint density at radius 2 is 0.851 bits per heavy atom. The lowest BCUT2D eigenvalue weighted by Crippen LogP contribution is -2.43. The normalized spacial score (nSPS) is 22.7. The number of benzene rings is 2. The maximum atomic E-state index is 6.63. The van der Waals surface area contributed by atoms with Crippen LogP contribution in [0.15, 0.2) is 36.4 Å². The Kier molecular flexibility index (Phi) is 10.6. The third-order valence-electron chi connectivity index (χ3n) is 12.9. The van der Waals surface area contributed by atoms with Crippen LogP contribution in [0.4, 0.5) is 0 Å². The van der Waals surface area contributed by atoms with Crippen molar-refractivity contribution in [2.24, 2.45) is 11.8 Å². The van der Waals surface area contributed by atoms with E-state index in [-0.39, 0.29) is 42.1 Å². The highest BCUT2D eigenvalue weighted by molar-refractivity contribution is 6.62. The van der Waals surface area contributed by atoms with E-state index in [4.69, 9.17) is 18.6 Å². The second-order valence-electron chi connectivity index (χ2n) is 17.2. The van der Waals surface area contributed by atoms with Gasteiger partial charge in [0.25, 0.3) is 0 Å². The summed E-state index contributed by atoms with van der Waals surface area (Å²) in [6.45, 7) is 26.9. The van der Waals surface area contributed by atoms with E-state index in [2.05, 4.69) is 119 Å². The summed E-state index contributed by atoms with van der Waals surface area (Å²) >= 11 is 0. The first-order valence-corrected chi connectivity index (χ1v) is 19.0. The van der Waals surface area contributed by atoms with Gasteiger partial charge in [0, 0.05) is 5.41 Å². The molecule has 258 valence electrons. The molecule has 2 aliphatic heterocycles. The molecule has 0 saturated carbocycles. The first-order chi connectivity index (χ1) is 22.0. The molecule has 2 fully saturated rings. The molecule has 0 N–H and O–H groups in total. The Hall–Kier alpha value is -1.59. The van der Waals surface area contributed by atoms with Gasteiger partial charge in [-0.05, 0) is 113 Å². The predicted molar refractivity (Wildman–Crippen MR) is 200 cm³/mol. The molecule has 0 bridgehead atoms. The number of fused-ring (bicyclic) bond motifs is 3. The molecule has 0 aromatic heterocycles. The minimum Gasteiger partial charge on any atom is -0.399 e. The van der Waals surface area contributed by atoms with Crippen molar-refractivity contribution in [3.05, 3.63) is 47.5 Å². The summed E-state index contributed by atoms with van der Waals surface area (Å²) in [4.78, 5) is 0. The van der Waals surface area contributed by atoms with Crippen LogP contribution in [-0.4, -0.2) is 36.6 Å². The van der Waals surface area contributed by atoms with Crippen molar-refractivity contribution in [1.29, 1.82) is 0 Å². The van der Waals surface area contributed by atoms with E-state index in [9.17, 15) is 0 Å². The fraction of sp³-hybridized carbons (Fsp3) is 0.707. The smallest absolute Gasteiger partial charge is 0.399 e. The summed E-state index contributed by atoms with van der Waals surface area (Å²) in [5, 5.41) is 0. The fourth-order valence-corrected chi connectivity index (χ4v) is 8.43. The molecule has 6 heteroatoms. The third kappa shape index (κ3) is 6.55. The Balaban J connectivity index is 1.66. The van der Waals surface area contributed by atoms with Crippen LogP contribution in [0.5, 0.6) is 0 Å². The first-order valence-electron chi connectivity index (χ1n) is 19.0. The Bertz CT molecular complexity index is 1260. The summed E-state index contributed by atoms with van der Waals surface area (Å²) < 4.78 is 26.5. The van der Waals surface area contributed by atoms with Gasteiger partial charge in [-0.3, -0.25) is 0 Å². The van der Waals surface area contributed by atoms with Crippen LogP contribution in [0.1, 0.15) is 158 Å². The second kappa shape index (κ2) is 13.6. The highest BCUT2D eigenvalue weighted by atomic mass is 16.7. The lowest BCUT2D eigenvalue weighted by Gasteiger charge is -2.44. The summed E-state index contributed by atoms with van der Waals surface area (Å²) in [7, 11) is -0.765. The molecule has 2 unspecified atom stereocenters. The molecule has 3 aliphatic rings. The van der Waals surface area contributed by atoms with Crippen LogP contribution in [0.2, 0.25) is 0 Å². The predicted octanol–water partition coefficient (Wildman–Crippen LogP) is 9.76. The summed E-state index contributed by atoms with van der Waals surface area (Å²) in [5.41, 5.74) is 6.23. The average molecular weight is 643 g/mol. The van der Waals surface area contributed by atoms with E-state index >= 15 is 0 Å². The third-order valence-corrected chi connectivity index (χ3v) is 12.9. The largest absolute Gasteiger partial charge is 0.494 e. The van der Waals surface area contributed by atoms with Crippen molar-refractivity contribution < 1.29 is 18.6 Å². The zero-order valence-corrected chi connectivity index (χ0v) is 32.0. The molecular weight excluding hydrogens is 578 g/mol. The number of hydrogen-bond donors (Lipinski definition) is 0. The highest BCUT2D eigenvalue weighted by Gasteiger charge is 2.55. The minimum atomic E-state index is -0.383. The van der Waals surface area contributed by atoms with Gasteiger partial charge >= 0.3 is 14.2 Å². The van der Waals surface area contributed by atoms with Crippen LogP contribution >= 0.6 is 0 Å². The second-order valence-corrected chi connectivity index (χ2v) is 17.2. The quantitative estimate of drug-likeness (QED) is 0.152. The van der Waals surface area contributed by atoms with Gasteiger partial charge in [-0.15, -0.1) is 0 Å². The van der Waals surface area contributed by atoms with E-state index in [0.29, 0.717) is 11.8 Å². The summed E-state index contributed by atoms with van der Waals surface area (Å²) in [6.07, 6.45) is 12.7. The standard InChI is InChI=1S/C41H64B2O4/c1-13-15-17-19-21-29(3)41(30(4)22-20-18-16-14-2)35-27-31(42-44-37(5,6)38(7,8)45-42)23-25-33(35)34-26-24-32(28-36(34)41)43-46-39(9,10)40(11,12)47-43/h23-30H,13-22H2,1-12H3. The molecule has 5 rings (SSSR count). The van der Waals surface area contributed by atoms with Gasteiger partial charge in [0.2, 0.25) is 0 Å². The van der Waals surface area contributed by atoms with Gasteiger partial charge in [-0.2, -0.15) is 0 Å². The maximum Gasteiger partial charge on any atom is 0.494 e. The average Bonchev–Trinajstić information content (AvgIpc) is 3.51. The Morgan fingerprint density at radius 1 is 0.511 bits per heavy atom. The van der Waals surface area contributed by atoms with Crippen LogP contribution in [-0.2, 0) is 24.0 Å². The Labute approximate surface area is 288 Å². The van der Waals surface area contributed by atoms with Gasteiger partial charge < -0.3 is 18.6 Å². The van der Waals surface area contributed by atoms with Gasteiger partial charge in [0.05, 0.1) is 22.4 Å². The zero-order valence-electron chi connectivity index (χ0n) is 32.0. The molecule has 2 aromatic carbocycles. The minimum absolute atomic E-state index is 0.137. The molecule has 2 aromatic rings. The summed E-state index contributed by atoms with van der Waals surface area (Å²) in [5.74, 6) is 0.922. The van der Waals surface area contributed by atoms with Crippen molar-refractivity contribution in [2.45, 2.75) is 175 Å².